The number of hydroxylamine groups is 2. The van der Waals surface area contributed by atoms with Gasteiger partial charge in [0.15, 0.2) is 4.96 Å². The minimum absolute atomic E-state index is 0.0443. The number of amides is 1. The van der Waals surface area contributed by atoms with E-state index in [1.165, 1.54) is 27.0 Å². The summed E-state index contributed by atoms with van der Waals surface area (Å²) in [5, 5.41) is 2.97. The maximum atomic E-state index is 12.0. The lowest BCUT2D eigenvalue weighted by Gasteiger charge is -2.12. The molecule has 0 aromatic carbocycles. The second-order valence-corrected chi connectivity index (χ2v) is 4.50. The van der Waals surface area contributed by atoms with Crippen molar-refractivity contribution in [3.05, 3.63) is 33.7 Å². The number of hydrogen-bond acceptors (Lipinski definition) is 5. The standard InChI is InChI=1S/C10H9N3O3S/c14-8-7(9(15)13-2-1-4-16-13)6-11-10-12(8)3-5-17-10/h3,5-6H,1-2,4H2. The van der Waals surface area contributed by atoms with Crippen LogP contribution in [0, 0.1) is 0 Å². The summed E-state index contributed by atoms with van der Waals surface area (Å²) in [5.74, 6) is -0.416. The Kier molecular flexibility index (Phi) is 2.41. The quantitative estimate of drug-likeness (QED) is 0.741. The monoisotopic (exact) mass is 251 g/mol. The lowest BCUT2D eigenvalue weighted by molar-refractivity contribution is -0.0769. The Morgan fingerprint density at radius 2 is 2.41 bits per heavy atom. The van der Waals surface area contributed by atoms with Crippen LogP contribution in [0.3, 0.4) is 0 Å². The van der Waals surface area contributed by atoms with Crippen molar-refractivity contribution < 1.29 is 9.63 Å². The smallest absolute Gasteiger partial charge is 0.271 e. The molecule has 0 unspecified atom stereocenters. The molecule has 2 aromatic rings. The average molecular weight is 251 g/mol. The molecule has 0 radical (unpaired) electrons. The molecule has 0 spiro atoms. The van der Waals surface area contributed by atoms with Crippen molar-refractivity contribution in [1.29, 1.82) is 0 Å². The zero-order valence-electron chi connectivity index (χ0n) is 8.83. The molecule has 3 heterocycles. The summed E-state index contributed by atoms with van der Waals surface area (Å²) in [5.41, 5.74) is -0.306. The molecule has 0 aliphatic carbocycles. The van der Waals surface area contributed by atoms with Crippen LogP contribution in [0.15, 0.2) is 22.6 Å². The molecule has 1 aliphatic heterocycles. The number of fused-ring (bicyclic) bond motifs is 1. The molecular formula is C10H9N3O3S. The van der Waals surface area contributed by atoms with Gasteiger partial charge in [0.05, 0.1) is 13.2 Å². The van der Waals surface area contributed by atoms with Crippen molar-refractivity contribution in [2.45, 2.75) is 6.42 Å². The largest absolute Gasteiger partial charge is 0.284 e. The van der Waals surface area contributed by atoms with E-state index in [1.807, 2.05) is 0 Å². The molecule has 6 nitrogen and oxygen atoms in total. The van der Waals surface area contributed by atoms with Gasteiger partial charge in [-0.25, -0.2) is 10.0 Å². The van der Waals surface area contributed by atoms with E-state index >= 15 is 0 Å². The first-order valence-electron chi connectivity index (χ1n) is 5.17. The van der Waals surface area contributed by atoms with Crippen LogP contribution in [-0.2, 0) is 4.84 Å². The minimum Gasteiger partial charge on any atom is -0.271 e. The zero-order valence-corrected chi connectivity index (χ0v) is 9.64. The number of nitrogens with zero attached hydrogens (tertiary/aromatic N) is 3. The highest BCUT2D eigenvalue weighted by Crippen LogP contribution is 2.10. The summed E-state index contributed by atoms with van der Waals surface area (Å²) < 4.78 is 1.37. The van der Waals surface area contributed by atoms with Crippen LogP contribution in [0.5, 0.6) is 0 Å². The van der Waals surface area contributed by atoms with Crippen LogP contribution in [0.1, 0.15) is 16.8 Å². The van der Waals surface area contributed by atoms with E-state index in [2.05, 4.69) is 4.98 Å². The topological polar surface area (TPSA) is 63.9 Å². The molecule has 17 heavy (non-hydrogen) atoms. The van der Waals surface area contributed by atoms with Gasteiger partial charge in [-0.1, -0.05) is 0 Å². The number of thiazole rings is 1. The molecule has 0 bridgehead atoms. The van der Waals surface area contributed by atoms with E-state index < -0.39 is 5.91 Å². The van der Waals surface area contributed by atoms with Gasteiger partial charge in [-0.05, 0) is 6.42 Å². The number of carbonyl (C=O) groups excluding carboxylic acids is 1. The van der Waals surface area contributed by atoms with Crippen molar-refractivity contribution >= 4 is 22.2 Å². The third-order valence-electron chi connectivity index (χ3n) is 2.55. The lowest BCUT2D eigenvalue weighted by atomic mass is 10.3. The van der Waals surface area contributed by atoms with Gasteiger partial charge in [0.2, 0.25) is 0 Å². The van der Waals surface area contributed by atoms with Gasteiger partial charge < -0.3 is 0 Å². The predicted octanol–water partition coefficient (Wildman–Crippen LogP) is 0.533. The van der Waals surface area contributed by atoms with Crippen LogP contribution in [0.25, 0.3) is 4.96 Å². The molecule has 7 heteroatoms. The molecule has 3 rings (SSSR count). The van der Waals surface area contributed by atoms with Crippen LogP contribution in [0.4, 0.5) is 0 Å². The maximum Gasteiger partial charge on any atom is 0.284 e. The van der Waals surface area contributed by atoms with Gasteiger partial charge in [-0.3, -0.25) is 18.8 Å². The van der Waals surface area contributed by atoms with E-state index in [0.717, 1.165) is 6.42 Å². The van der Waals surface area contributed by atoms with Crippen molar-refractivity contribution in [3.8, 4) is 0 Å². The van der Waals surface area contributed by atoms with Crippen molar-refractivity contribution in [2.24, 2.45) is 0 Å². The van der Waals surface area contributed by atoms with E-state index in [9.17, 15) is 9.59 Å². The van der Waals surface area contributed by atoms with Gasteiger partial charge in [-0.15, -0.1) is 11.3 Å². The SMILES string of the molecule is O=C(c1cnc2sccn2c1=O)N1CCCO1. The fourth-order valence-electron chi connectivity index (χ4n) is 1.71. The molecule has 0 atom stereocenters. The van der Waals surface area contributed by atoms with E-state index in [-0.39, 0.29) is 11.1 Å². The first-order chi connectivity index (χ1) is 8.27. The van der Waals surface area contributed by atoms with Crippen LogP contribution < -0.4 is 5.56 Å². The Morgan fingerprint density at radius 1 is 1.53 bits per heavy atom. The Labute approximate surface area is 100 Å². The van der Waals surface area contributed by atoms with Gasteiger partial charge in [0.1, 0.15) is 5.56 Å². The summed E-state index contributed by atoms with van der Waals surface area (Å²) >= 11 is 1.35. The molecule has 1 aliphatic rings. The Bertz CT molecular complexity index is 627. The van der Waals surface area contributed by atoms with E-state index in [0.29, 0.717) is 18.1 Å². The minimum atomic E-state index is -0.416. The average Bonchev–Trinajstić information content (AvgIpc) is 3.00. The van der Waals surface area contributed by atoms with Crippen LogP contribution in [-0.4, -0.2) is 33.5 Å². The molecule has 0 saturated carbocycles. The van der Waals surface area contributed by atoms with Crippen molar-refractivity contribution in [3.63, 3.8) is 0 Å². The lowest BCUT2D eigenvalue weighted by Crippen LogP contribution is -2.32. The molecule has 1 saturated heterocycles. The van der Waals surface area contributed by atoms with Crippen LogP contribution in [0.2, 0.25) is 0 Å². The molecule has 88 valence electrons. The molecule has 1 fully saturated rings. The summed E-state index contributed by atoms with van der Waals surface area (Å²) in [4.78, 5) is 33.8. The number of carbonyl (C=O) groups is 1. The Morgan fingerprint density at radius 3 is 3.18 bits per heavy atom. The van der Waals surface area contributed by atoms with Crippen LogP contribution >= 0.6 is 11.3 Å². The van der Waals surface area contributed by atoms with Crippen molar-refractivity contribution in [2.75, 3.05) is 13.2 Å². The maximum absolute atomic E-state index is 12.0. The summed E-state index contributed by atoms with van der Waals surface area (Å²) in [6, 6.07) is 0. The Balaban J connectivity index is 2.07. The zero-order chi connectivity index (χ0) is 11.8. The fourth-order valence-corrected chi connectivity index (χ4v) is 2.39. The Hall–Kier alpha value is -1.73. The van der Waals surface area contributed by atoms with Gasteiger partial charge >= 0.3 is 0 Å². The highest BCUT2D eigenvalue weighted by molar-refractivity contribution is 7.15. The predicted molar refractivity (Wildman–Crippen MR) is 60.9 cm³/mol. The fraction of sp³-hybridized carbons (Fsp3) is 0.300. The summed E-state index contributed by atoms with van der Waals surface area (Å²) in [6.45, 7) is 1.03. The van der Waals surface area contributed by atoms with Gasteiger partial charge in [0, 0.05) is 17.8 Å². The second kappa shape index (κ2) is 3.94. The highest BCUT2D eigenvalue weighted by Gasteiger charge is 2.24. The molecule has 0 N–H and O–H groups in total. The molecule has 2 aromatic heterocycles. The number of hydrogen-bond donors (Lipinski definition) is 0. The summed E-state index contributed by atoms with van der Waals surface area (Å²) in [7, 11) is 0. The van der Waals surface area contributed by atoms with Gasteiger partial charge in [-0.2, -0.15) is 0 Å². The third-order valence-corrected chi connectivity index (χ3v) is 3.32. The first-order valence-corrected chi connectivity index (χ1v) is 6.05. The molecular weight excluding hydrogens is 242 g/mol. The molecule has 1 amide bonds. The van der Waals surface area contributed by atoms with Crippen molar-refractivity contribution in [1.82, 2.24) is 14.4 Å². The number of rotatable bonds is 1. The highest BCUT2D eigenvalue weighted by atomic mass is 32.1. The normalized spacial score (nSPS) is 15.6. The third kappa shape index (κ3) is 1.63. The number of aromatic nitrogens is 2. The summed E-state index contributed by atoms with van der Waals surface area (Å²) in [6.07, 6.45) is 3.72. The first kappa shape index (κ1) is 10.4. The van der Waals surface area contributed by atoms with E-state index in [1.54, 1.807) is 11.6 Å². The van der Waals surface area contributed by atoms with Gasteiger partial charge in [0.25, 0.3) is 11.5 Å². The van der Waals surface area contributed by atoms with E-state index in [4.69, 9.17) is 4.84 Å². The second-order valence-electron chi connectivity index (χ2n) is 3.63.